The van der Waals surface area contributed by atoms with Crippen molar-refractivity contribution < 1.29 is 22.4 Å². The van der Waals surface area contributed by atoms with E-state index >= 15 is 0 Å². The Morgan fingerprint density at radius 1 is 0.974 bits per heavy atom. The lowest BCUT2D eigenvalue weighted by Crippen LogP contribution is -2.52. The molecule has 202 valence electrons. The molecule has 7 nitrogen and oxygen atoms in total. The lowest BCUT2D eigenvalue weighted by molar-refractivity contribution is -0.139. The minimum atomic E-state index is -4.19. The van der Waals surface area contributed by atoms with Gasteiger partial charge in [0.2, 0.25) is 11.8 Å². The highest BCUT2D eigenvalue weighted by Gasteiger charge is 2.33. The third kappa shape index (κ3) is 7.11. The van der Waals surface area contributed by atoms with E-state index in [9.17, 15) is 22.4 Å². The van der Waals surface area contributed by atoms with Gasteiger partial charge < -0.3 is 10.2 Å². The molecule has 3 aromatic carbocycles. The molecule has 0 fully saturated rings. The Morgan fingerprint density at radius 3 is 2.21 bits per heavy atom. The summed E-state index contributed by atoms with van der Waals surface area (Å²) < 4.78 is 42.1. The second-order valence-electron chi connectivity index (χ2n) is 9.24. The summed E-state index contributed by atoms with van der Waals surface area (Å²) in [5.41, 5.74) is 1.42. The number of carbonyl (C=O) groups is 2. The Hall–Kier alpha value is -3.43. The van der Waals surface area contributed by atoms with Crippen molar-refractivity contribution in [2.75, 3.05) is 10.8 Å². The molecule has 0 aliphatic carbocycles. The summed E-state index contributed by atoms with van der Waals surface area (Å²) in [5.74, 6) is -1.44. The molecule has 0 saturated carbocycles. The summed E-state index contributed by atoms with van der Waals surface area (Å²) in [6, 6.07) is 17.0. The minimum absolute atomic E-state index is 0.00265. The van der Waals surface area contributed by atoms with E-state index in [0.717, 1.165) is 4.31 Å². The third-order valence-corrected chi connectivity index (χ3v) is 7.92. The minimum Gasteiger partial charge on any atom is -0.352 e. The smallest absolute Gasteiger partial charge is 0.264 e. The standard InChI is InChI=1S/C28H31ClFN3O4S/c1-19(2)31-28(35)21(4)32(17-22-11-14-24(30)15-12-22)27(34)18-33(26-16-23(29)13-10-20(26)3)38(36,37)25-8-6-5-7-9-25/h5-16,19,21H,17-18H2,1-4H3,(H,31,35)/t21-/m0/s1. The van der Waals surface area contributed by atoms with E-state index in [1.807, 2.05) is 0 Å². The Morgan fingerprint density at radius 2 is 1.61 bits per heavy atom. The summed E-state index contributed by atoms with van der Waals surface area (Å²) in [6.45, 7) is 6.27. The van der Waals surface area contributed by atoms with Gasteiger partial charge in [0.25, 0.3) is 10.0 Å². The largest absolute Gasteiger partial charge is 0.352 e. The molecule has 0 bridgehead atoms. The number of hydrogen-bond acceptors (Lipinski definition) is 4. The highest BCUT2D eigenvalue weighted by molar-refractivity contribution is 7.92. The van der Waals surface area contributed by atoms with E-state index in [0.29, 0.717) is 16.1 Å². The molecule has 3 rings (SSSR count). The number of hydrogen-bond donors (Lipinski definition) is 1. The first-order valence-electron chi connectivity index (χ1n) is 12.1. The second kappa shape index (κ2) is 12.4. The molecule has 10 heteroatoms. The van der Waals surface area contributed by atoms with Crippen molar-refractivity contribution in [1.29, 1.82) is 0 Å². The fourth-order valence-corrected chi connectivity index (χ4v) is 5.52. The average molecular weight is 560 g/mol. The molecule has 0 aliphatic rings. The number of sulfonamides is 1. The highest BCUT2D eigenvalue weighted by Crippen LogP contribution is 2.30. The average Bonchev–Trinajstić information content (AvgIpc) is 2.88. The SMILES string of the molecule is Cc1ccc(Cl)cc1N(CC(=O)N(Cc1ccc(F)cc1)[C@@H](C)C(=O)NC(C)C)S(=O)(=O)c1ccccc1. The Kier molecular flexibility index (Phi) is 9.51. The van der Waals surface area contributed by atoms with Crippen LogP contribution in [0.25, 0.3) is 0 Å². The molecule has 1 N–H and O–H groups in total. The zero-order valence-electron chi connectivity index (χ0n) is 21.7. The van der Waals surface area contributed by atoms with Crippen LogP contribution in [0.1, 0.15) is 31.9 Å². The van der Waals surface area contributed by atoms with Gasteiger partial charge in [0.05, 0.1) is 10.6 Å². The molecule has 0 unspecified atom stereocenters. The molecule has 0 aliphatic heterocycles. The monoisotopic (exact) mass is 559 g/mol. The predicted octanol–water partition coefficient (Wildman–Crippen LogP) is 4.92. The lowest BCUT2D eigenvalue weighted by Gasteiger charge is -2.32. The van der Waals surface area contributed by atoms with Gasteiger partial charge in [-0.3, -0.25) is 13.9 Å². The van der Waals surface area contributed by atoms with Crippen molar-refractivity contribution in [3.63, 3.8) is 0 Å². The maximum absolute atomic E-state index is 13.8. The Labute approximate surface area is 228 Å². The summed E-state index contributed by atoms with van der Waals surface area (Å²) in [6.07, 6.45) is 0. The first-order valence-corrected chi connectivity index (χ1v) is 13.9. The van der Waals surface area contributed by atoms with Crippen LogP contribution < -0.4 is 9.62 Å². The van der Waals surface area contributed by atoms with Crippen molar-refractivity contribution in [2.24, 2.45) is 0 Å². The van der Waals surface area contributed by atoms with Crippen LogP contribution >= 0.6 is 11.6 Å². The molecule has 38 heavy (non-hydrogen) atoms. The molecule has 0 spiro atoms. The lowest BCUT2D eigenvalue weighted by atomic mass is 10.1. The molecule has 0 saturated heterocycles. The van der Waals surface area contributed by atoms with Gasteiger partial charge in [0.1, 0.15) is 18.4 Å². The van der Waals surface area contributed by atoms with Crippen LogP contribution in [-0.2, 0) is 26.2 Å². The van der Waals surface area contributed by atoms with Gasteiger partial charge >= 0.3 is 0 Å². The van der Waals surface area contributed by atoms with E-state index < -0.39 is 40.2 Å². The summed E-state index contributed by atoms with van der Waals surface area (Å²) in [5, 5.41) is 3.09. The number of aryl methyl sites for hydroxylation is 1. The number of nitrogens with one attached hydrogen (secondary N) is 1. The summed E-state index contributed by atoms with van der Waals surface area (Å²) in [7, 11) is -4.19. The van der Waals surface area contributed by atoms with Gasteiger partial charge in [0.15, 0.2) is 0 Å². The van der Waals surface area contributed by atoms with E-state index in [1.54, 1.807) is 58.0 Å². The molecule has 0 radical (unpaired) electrons. The molecular formula is C28H31ClFN3O4S. The van der Waals surface area contributed by atoms with E-state index in [1.165, 1.54) is 47.4 Å². The van der Waals surface area contributed by atoms with Gasteiger partial charge in [-0.25, -0.2) is 12.8 Å². The molecule has 0 aromatic heterocycles. The Bertz CT molecular complexity index is 1380. The molecular weight excluding hydrogens is 529 g/mol. The van der Waals surface area contributed by atoms with Gasteiger partial charge in [-0.05, 0) is 75.2 Å². The zero-order chi connectivity index (χ0) is 28.0. The quantitative estimate of drug-likeness (QED) is 0.382. The summed E-state index contributed by atoms with van der Waals surface area (Å²) >= 11 is 6.22. The highest BCUT2D eigenvalue weighted by atomic mass is 35.5. The topological polar surface area (TPSA) is 86.8 Å². The van der Waals surface area contributed by atoms with Crippen LogP contribution in [0, 0.1) is 12.7 Å². The van der Waals surface area contributed by atoms with E-state index in [2.05, 4.69) is 5.32 Å². The number of benzene rings is 3. The van der Waals surface area contributed by atoms with Gasteiger partial charge in [-0.15, -0.1) is 0 Å². The normalized spacial score (nSPS) is 12.2. The van der Waals surface area contributed by atoms with Crippen LogP contribution in [-0.4, -0.2) is 43.8 Å². The fraction of sp³-hybridized carbons (Fsp3) is 0.286. The van der Waals surface area contributed by atoms with Crippen LogP contribution in [0.3, 0.4) is 0 Å². The summed E-state index contributed by atoms with van der Waals surface area (Å²) in [4.78, 5) is 28.0. The molecule has 3 aromatic rings. The fourth-order valence-electron chi connectivity index (χ4n) is 3.86. The second-order valence-corrected chi connectivity index (χ2v) is 11.5. The van der Waals surface area contributed by atoms with Crippen LogP contribution in [0.5, 0.6) is 0 Å². The van der Waals surface area contributed by atoms with Crippen molar-refractivity contribution in [3.8, 4) is 0 Å². The maximum Gasteiger partial charge on any atom is 0.264 e. The van der Waals surface area contributed by atoms with Crippen molar-refractivity contribution in [2.45, 2.75) is 51.2 Å². The van der Waals surface area contributed by atoms with Crippen molar-refractivity contribution >= 4 is 39.1 Å². The molecule has 2 amide bonds. The number of amides is 2. The first kappa shape index (κ1) is 29.1. The first-order chi connectivity index (χ1) is 17.9. The number of carbonyl (C=O) groups excluding carboxylic acids is 2. The Balaban J connectivity index is 2.06. The number of anilines is 1. The third-order valence-electron chi connectivity index (χ3n) is 5.91. The van der Waals surface area contributed by atoms with Crippen molar-refractivity contribution in [3.05, 3.63) is 94.8 Å². The maximum atomic E-state index is 13.8. The molecule has 1 atom stereocenters. The van der Waals surface area contributed by atoms with E-state index in [-0.39, 0.29) is 23.2 Å². The number of halogens is 2. The van der Waals surface area contributed by atoms with Gasteiger partial charge in [-0.1, -0.05) is 48.0 Å². The van der Waals surface area contributed by atoms with Gasteiger partial charge in [-0.2, -0.15) is 0 Å². The number of nitrogens with zero attached hydrogens (tertiary/aromatic N) is 2. The van der Waals surface area contributed by atoms with Crippen molar-refractivity contribution in [1.82, 2.24) is 10.2 Å². The predicted molar refractivity (Wildman–Crippen MR) is 147 cm³/mol. The van der Waals surface area contributed by atoms with Crippen LogP contribution in [0.4, 0.5) is 10.1 Å². The van der Waals surface area contributed by atoms with E-state index in [4.69, 9.17) is 11.6 Å². The van der Waals surface area contributed by atoms with Gasteiger partial charge in [0, 0.05) is 17.6 Å². The van der Waals surface area contributed by atoms with Crippen LogP contribution in [0.15, 0.2) is 77.7 Å². The van der Waals surface area contributed by atoms with Crippen LogP contribution in [0.2, 0.25) is 5.02 Å². The number of rotatable bonds is 10. The molecule has 0 heterocycles. The zero-order valence-corrected chi connectivity index (χ0v) is 23.3.